The number of nitrogens with one attached hydrogen (secondary N) is 1. The Balaban J connectivity index is -0.0000000450. The third-order valence-electron chi connectivity index (χ3n) is 0.204. The van der Waals surface area contributed by atoms with Crippen LogP contribution in [0, 0.1) is 5.41 Å². The van der Waals surface area contributed by atoms with E-state index in [2.05, 4.69) is 0 Å². The Bertz CT molecular complexity index is 24.8. The first-order valence-electron chi connectivity index (χ1n) is 1.40. The minimum Gasteiger partial charge on any atom is -1.00 e. The quantitative estimate of drug-likeness (QED) is 0.274. The van der Waals surface area contributed by atoms with Gasteiger partial charge in [0.25, 0.3) is 0 Å². The van der Waals surface area contributed by atoms with Crippen LogP contribution in [0.2, 0.25) is 0 Å². The molecule has 0 aliphatic rings. The molecule has 0 aromatic heterocycles. The van der Waals surface area contributed by atoms with Gasteiger partial charge in [-0.3, -0.25) is 0 Å². The van der Waals surface area contributed by atoms with Crippen molar-refractivity contribution in [3.05, 3.63) is 0 Å². The molecule has 0 aromatic carbocycles. The topological polar surface area (TPSA) is 23.9 Å². The Morgan fingerprint density at radius 3 is 2.20 bits per heavy atom. The minimum atomic E-state index is 0. The molecular formula is C3H8LiN. The fraction of sp³-hybridized carbons (Fsp3) is 0.667. The number of hydrogen-bond acceptors (Lipinski definition) is 1. The summed E-state index contributed by atoms with van der Waals surface area (Å²) in [7, 11) is 0. The second-order valence-corrected chi connectivity index (χ2v) is 0.612. The molecule has 1 N–H and O–H groups in total. The Kier molecular flexibility index (Phi) is 15.9. The molecule has 0 atom stereocenters. The normalized spacial score (nSPS) is 5.00. The van der Waals surface area contributed by atoms with Crippen molar-refractivity contribution < 1.29 is 20.3 Å². The maximum atomic E-state index is 6.33. The van der Waals surface area contributed by atoms with Gasteiger partial charge >= 0.3 is 18.9 Å². The molecule has 2 heteroatoms. The molecule has 0 aromatic rings. The van der Waals surface area contributed by atoms with Crippen molar-refractivity contribution in [2.24, 2.45) is 0 Å². The van der Waals surface area contributed by atoms with E-state index in [-0.39, 0.29) is 20.3 Å². The van der Waals surface area contributed by atoms with E-state index >= 15 is 0 Å². The van der Waals surface area contributed by atoms with Gasteiger partial charge in [0.2, 0.25) is 0 Å². The first-order chi connectivity index (χ1) is 1.91. The summed E-state index contributed by atoms with van der Waals surface area (Å²) in [6, 6.07) is 0. The van der Waals surface area contributed by atoms with Crippen molar-refractivity contribution >= 4 is 6.21 Å². The van der Waals surface area contributed by atoms with Crippen LogP contribution in [0.25, 0.3) is 0 Å². The van der Waals surface area contributed by atoms with Crippen molar-refractivity contribution in [1.82, 2.24) is 0 Å². The van der Waals surface area contributed by atoms with Gasteiger partial charge in [0.05, 0.1) is 0 Å². The molecule has 0 heterocycles. The van der Waals surface area contributed by atoms with E-state index in [1.165, 1.54) is 6.21 Å². The summed E-state index contributed by atoms with van der Waals surface area (Å²) in [6.07, 6.45) is 2.24. The predicted octanol–water partition coefficient (Wildman–Crippen LogP) is -1.84. The van der Waals surface area contributed by atoms with E-state index < -0.39 is 0 Å². The van der Waals surface area contributed by atoms with Crippen LogP contribution in [0.15, 0.2) is 0 Å². The van der Waals surface area contributed by atoms with Crippen LogP contribution in [0.1, 0.15) is 14.8 Å². The Hall–Kier alpha value is 0.267. The SMILES string of the molecule is CCC=N.[H-].[Li+]. The summed E-state index contributed by atoms with van der Waals surface area (Å²) < 4.78 is 0. The fourth-order valence-electron chi connectivity index (χ4n) is 0. The van der Waals surface area contributed by atoms with Gasteiger partial charge in [-0.2, -0.15) is 0 Å². The van der Waals surface area contributed by atoms with E-state index in [9.17, 15) is 0 Å². The van der Waals surface area contributed by atoms with E-state index in [4.69, 9.17) is 5.41 Å². The molecule has 0 aliphatic heterocycles. The minimum absolute atomic E-state index is 0. The van der Waals surface area contributed by atoms with E-state index in [1.54, 1.807) is 0 Å². The molecule has 0 radical (unpaired) electrons. The third-order valence-corrected chi connectivity index (χ3v) is 0.204. The van der Waals surface area contributed by atoms with Gasteiger partial charge < -0.3 is 6.84 Å². The summed E-state index contributed by atoms with van der Waals surface area (Å²) in [5, 5.41) is 6.33. The molecule has 0 amide bonds. The molecule has 26 valence electrons. The van der Waals surface area contributed by atoms with E-state index in [0.717, 1.165) is 6.42 Å². The van der Waals surface area contributed by atoms with E-state index in [0.29, 0.717) is 0 Å². The molecule has 0 aliphatic carbocycles. The second kappa shape index (κ2) is 8.86. The van der Waals surface area contributed by atoms with Gasteiger partial charge in [-0.25, -0.2) is 0 Å². The molecule has 0 unspecified atom stereocenters. The van der Waals surface area contributed by atoms with Crippen molar-refractivity contribution in [1.29, 1.82) is 5.41 Å². The largest absolute Gasteiger partial charge is 1.00 e. The number of hydrogen-bond donors (Lipinski definition) is 1. The van der Waals surface area contributed by atoms with Crippen LogP contribution >= 0.6 is 0 Å². The van der Waals surface area contributed by atoms with Crippen LogP contribution in [-0.4, -0.2) is 6.21 Å². The Morgan fingerprint density at radius 2 is 2.20 bits per heavy atom. The molecule has 5 heavy (non-hydrogen) atoms. The van der Waals surface area contributed by atoms with Crippen LogP contribution < -0.4 is 18.9 Å². The summed E-state index contributed by atoms with van der Waals surface area (Å²) in [5.41, 5.74) is 0. The third kappa shape index (κ3) is 13.7. The zero-order valence-corrected chi connectivity index (χ0v) is 3.78. The van der Waals surface area contributed by atoms with Gasteiger partial charge in [0.1, 0.15) is 0 Å². The Labute approximate surface area is 45.9 Å². The first-order valence-corrected chi connectivity index (χ1v) is 1.40. The van der Waals surface area contributed by atoms with Gasteiger partial charge in [-0.05, 0) is 12.6 Å². The molecule has 1 nitrogen and oxygen atoms in total. The van der Waals surface area contributed by atoms with Crippen molar-refractivity contribution in [3.63, 3.8) is 0 Å². The van der Waals surface area contributed by atoms with Crippen molar-refractivity contribution in [2.45, 2.75) is 13.3 Å². The van der Waals surface area contributed by atoms with Crippen molar-refractivity contribution in [2.75, 3.05) is 0 Å². The Morgan fingerprint density at radius 1 is 2.00 bits per heavy atom. The average Bonchev–Trinajstić information content (AvgIpc) is 1.37. The summed E-state index contributed by atoms with van der Waals surface area (Å²) >= 11 is 0. The predicted molar refractivity (Wildman–Crippen MR) is 20.2 cm³/mol. The zero-order valence-electron chi connectivity index (χ0n) is 4.78. The van der Waals surface area contributed by atoms with Gasteiger partial charge in [0.15, 0.2) is 0 Å². The smallest absolute Gasteiger partial charge is 1.00 e. The van der Waals surface area contributed by atoms with Gasteiger partial charge in [-0.15, -0.1) is 0 Å². The first kappa shape index (κ1) is 8.99. The molecule has 0 saturated carbocycles. The van der Waals surface area contributed by atoms with Crippen LogP contribution in [0.5, 0.6) is 0 Å². The molecule has 0 spiro atoms. The standard InChI is InChI=1S/C3H7N.Li.H/c1-2-3-4;;/h3-4H,2H2,1H3;;/q;+1;-1. The summed E-state index contributed by atoms with van der Waals surface area (Å²) in [5.74, 6) is 0. The molecule has 0 saturated heterocycles. The van der Waals surface area contributed by atoms with Gasteiger partial charge in [0, 0.05) is 0 Å². The zero-order chi connectivity index (χ0) is 3.41. The second-order valence-electron chi connectivity index (χ2n) is 0.612. The maximum absolute atomic E-state index is 6.33. The van der Waals surface area contributed by atoms with Crippen molar-refractivity contribution in [3.8, 4) is 0 Å². The van der Waals surface area contributed by atoms with Gasteiger partial charge in [-0.1, -0.05) is 6.92 Å². The van der Waals surface area contributed by atoms with Crippen LogP contribution in [0.4, 0.5) is 0 Å². The number of rotatable bonds is 1. The monoisotopic (exact) mass is 65.1 g/mol. The molecule has 0 bridgehead atoms. The average molecular weight is 65.0 g/mol. The summed E-state index contributed by atoms with van der Waals surface area (Å²) in [4.78, 5) is 0. The summed E-state index contributed by atoms with van der Waals surface area (Å²) in [6.45, 7) is 1.94. The molecule has 0 fully saturated rings. The van der Waals surface area contributed by atoms with Crippen LogP contribution in [-0.2, 0) is 0 Å². The molecular weight excluding hydrogens is 57.0 g/mol. The molecule has 0 rings (SSSR count). The fourth-order valence-corrected chi connectivity index (χ4v) is 0. The maximum Gasteiger partial charge on any atom is 1.00 e. The van der Waals surface area contributed by atoms with Crippen LogP contribution in [0.3, 0.4) is 0 Å². The van der Waals surface area contributed by atoms with E-state index in [1.807, 2.05) is 6.92 Å².